The smallest absolute Gasteiger partial charge is 0.0192 e. The highest BCUT2D eigenvalue weighted by atomic mass is 14.1. The highest BCUT2D eigenvalue weighted by Gasteiger charge is 2.08. The van der Waals surface area contributed by atoms with Gasteiger partial charge in [-0.3, -0.25) is 0 Å². The summed E-state index contributed by atoms with van der Waals surface area (Å²) in [7, 11) is 0. The van der Waals surface area contributed by atoms with Crippen LogP contribution in [0, 0.1) is 0 Å². The van der Waals surface area contributed by atoms with E-state index < -0.39 is 0 Å². The average molecular weight is 214 g/mol. The molecule has 0 bridgehead atoms. The Morgan fingerprint density at radius 1 is 1.25 bits per heavy atom. The molecule has 0 N–H and O–H groups in total. The fourth-order valence-electron chi connectivity index (χ4n) is 1.84. The van der Waals surface area contributed by atoms with E-state index >= 15 is 0 Å². The molecular weight excluding hydrogens is 192 g/mol. The first-order chi connectivity index (χ1) is 7.47. The third kappa shape index (κ3) is 2.63. The van der Waals surface area contributed by atoms with Crippen LogP contribution in [0.1, 0.15) is 57.2 Å². The molecule has 1 aromatic carbocycles. The van der Waals surface area contributed by atoms with Gasteiger partial charge in [0, 0.05) is 0 Å². The van der Waals surface area contributed by atoms with Crippen molar-refractivity contribution < 1.29 is 0 Å². The number of allylic oxidation sites excluding steroid dienone is 3. The maximum Gasteiger partial charge on any atom is -0.0192 e. The van der Waals surface area contributed by atoms with Gasteiger partial charge in [0.1, 0.15) is 0 Å². The van der Waals surface area contributed by atoms with Crippen LogP contribution in [0.4, 0.5) is 0 Å². The van der Waals surface area contributed by atoms with Crippen LogP contribution in [0.25, 0.3) is 11.1 Å². The lowest BCUT2D eigenvalue weighted by atomic mass is 9.90. The second kappa shape index (κ2) is 5.16. The van der Waals surface area contributed by atoms with Crippen LogP contribution in [-0.4, -0.2) is 0 Å². The van der Waals surface area contributed by atoms with Gasteiger partial charge in [-0.25, -0.2) is 0 Å². The van der Waals surface area contributed by atoms with Gasteiger partial charge in [0.2, 0.25) is 0 Å². The average Bonchev–Trinajstić information content (AvgIpc) is 2.26. The first-order valence-electron chi connectivity index (χ1n) is 5.90. The van der Waals surface area contributed by atoms with Gasteiger partial charge < -0.3 is 0 Å². The summed E-state index contributed by atoms with van der Waals surface area (Å²) in [4.78, 5) is 0. The van der Waals surface area contributed by atoms with Crippen molar-refractivity contribution in [2.45, 2.75) is 40.5 Å². The molecule has 1 aromatic rings. The van der Waals surface area contributed by atoms with E-state index in [1.54, 1.807) is 0 Å². The number of hydrogen-bond acceptors (Lipinski definition) is 0. The Balaban J connectivity index is 3.34. The van der Waals surface area contributed by atoms with E-state index in [-0.39, 0.29) is 0 Å². The molecule has 0 nitrogen and oxygen atoms in total. The molecule has 0 aliphatic heterocycles. The lowest BCUT2D eigenvalue weighted by molar-refractivity contribution is 0.862. The van der Waals surface area contributed by atoms with Crippen LogP contribution in [0.3, 0.4) is 0 Å². The van der Waals surface area contributed by atoms with E-state index in [4.69, 9.17) is 0 Å². The summed E-state index contributed by atoms with van der Waals surface area (Å²) in [5.41, 5.74) is 6.45. The Kier molecular flexibility index (Phi) is 4.12. The van der Waals surface area contributed by atoms with Crippen molar-refractivity contribution in [2.24, 2.45) is 0 Å². The third-order valence-corrected chi connectivity index (χ3v) is 3.02. The summed E-state index contributed by atoms with van der Waals surface area (Å²) in [6, 6.07) is 6.70. The number of rotatable bonds is 3. The quantitative estimate of drug-likeness (QED) is 0.643. The van der Waals surface area contributed by atoms with Crippen molar-refractivity contribution in [3.8, 4) is 0 Å². The van der Waals surface area contributed by atoms with Crippen LogP contribution in [0.15, 0.2) is 30.9 Å². The second-order valence-electron chi connectivity index (χ2n) is 4.71. The predicted octanol–water partition coefficient (Wildman–Crippen LogP) is 5.27. The Labute approximate surface area is 99.7 Å². The lowest BCUT2D eigenvalue weighted by Gasteiger charge is -2.15. The molecule has 1 rings (SSSR count). The molecule has 0 fully saturated rings. The Hall–Kier alpha value is -1.30. The van der Waals surface area contributed by atoms with Crippen molar-refractivity contribution in [1.29, 1.82) is 0 Å². The fraction of sp³-hybridized carbons (Fsp3) is 0.375. The molecule has 0 aliphatic rings. The van der Waals surface area contributed by atoms with E-state index in [1.807, 2.05) is 0 Å². The topological polar surface area (TPSA) is 0 Å². The highest BCUT2D eigenvalue weighted by Crippen LogP contribution is 2.28. The van der Waals surface area contributed by atoms with Crippen LogP contribution < -0.4 is 0 Å². The summed E-state index contributed by atoms with van der Waals surface area (Å²) >= 11 is 0. The van der Waals surface area contributed by atoms with Gasteiger partial charge in [-0.1, -0.05) is 44.2 Å². The van der Waals surface area contributed by atoms with Gasteiger partial charge in [0.15, 0.2) is 0 Å². The molecule has 0 atom stereocenters. The summed E-state index contributed by atoms with van der Waals surface area (Å²) in [6.45, 7) is 14.8. The summed E-state index contributed by atoms with van der Waals surface area (Å²) in [5.74, 6) is 0.548. The molecule has 0 amide bonds. The minimum atomic E-state index is 0.548. The van der Waals surface area contributed by atoms with Crippen molar-refractivity contribution in [2.75, 3.05) is 0 Å². The van der Waals surface area contributed by atoms with E-state index in [0.717, 1.165) is 5.57 Å². The number of benzene rings is 1. The molecule has 0 saturated carbocycles. The largest absolute Gasteiger partial charge is 0.0955 e. The molecule has 16 heavy (non-hydrogen) atoms. The molecule has 0 spiro atoms. The number of hydrogen-bond donors (Lipinski definition) is 0. The minimum Gasteiger partial charge on any atom is -0.0955 e. The first kappa shape index (κ1) is 12.8. The van der Waals surface area contributed by atoms with Crippen molar-refractivity contribution >= 4 is 11.1 Å². The highest BCUT2D eigenvalue weighted by molar-refractivity contribution is 5.72. The molecule has 0 unspecified atom stereocenters. The monoisotopic (exact) mass is 214 g/mol. The lowest BCUT2D eigenvalue weighted by Crippen LogP contribution is -1.95. The molecule has 0 heterocycles. The van der Waals surface area contributed by atoms with Gasteiger partial charge in [-0.15, -0.1) is 0 Å². The summed E-state index contributed by atoms with van der Waals surface area (Å²) in [6.07, 6.45) is 2.15. The van der Waals surface area contributed by atoms with Gasteiger partial charge >= 0.3 is 0 Å². The normalized spacial score (nSPS) is 12.0. The van der Waals surface area contributed by atoms with Crippen LogP contribution in [0.2, 0.25) is 0 Å². The van der Waals surface area contributed by atoms with E-state index in [1.165, 1.54) is 22.3 Å². The summed E-state index contributed by atoms with van der Waals surface area (Å²) < 4.78 is 0. The van der Waals surface area contributed by atoms with Crippen molar-refractivity contribution in [3.63, 3.8) is 0 Å². The predicted molar refractivity (Wildman–Crippen MR) is 74.6 cm³/mol. The van der Waals surface area contributed by atoms with Gasteiger partial charge in [-0.2, -0.15) is 0 Å². The zero-order chi connectivity index (χ0) is 12.3. The molecule has 0 aromatic heterocycles. The first-order valence-corrected chi connectivity index (χ1v) is 5.90. The Morgan fingerprint density at radius 3 is 2.31 bits per heavy atom. The molecule has 0 heteroatoms. The van der Waals surface area contributed by atoms with Crippen molar-refractivity contribution in [3.05, 3.63) is 47.5 Å². The van der Waals surface area contributed by atoms with E-state index in [0.29, 0.717) is 5.92 Å². The van der Waals surface area contributed by atoms with Crippen LogP contribution in [0.5, 0.6) is 0 Å². The van der Waals surface area contributed by atoms with E-state index in [9.17, 15) is 0 Å². The standard InChI is InChI=1S/C16H22/c1-7-13(6)14-8-9-15(11(2)3)16(10-14)12(4)5/h7-11H,4H2,1-3,5-6H3/b13-7+. The Bertz CT molecular complexity index is 420. The maximum atomic E-state index is 4.08. The van der Waals surface area contributed by atoms with Gasteiger partial charge in [0.25, 0.3) is 0 Å². The molecule has 86 valence electrons. The van der Waals surface area contributed by atoms with Gasteiger partial charge in [-0.05, 0) is 55.0 Å². The third-order valence-electron chi connectivity index (χ3n) is 3.02. The summed E-state index contributed by atoms with van der Waals surface area (Å²) in [5, 5.41) is 0. The Morgan fingerprint density at radius 2 is 1.88 bits per heavy atom. The van der Waals surface area contributed by atoms with Crippen LogP contribution in [-0.2, 0) is 0 Å². The van der Waals surface area contributed by atoms with Crippen molar-refractivity contribution in [1.82, 2.24) is 0 Å². The minimum absolute atomic E-state index is 0.548. The molecule has 0 aliphatic carbocycles. The molecule has 0 radical (unpaired) electrons. The molecular formula is C16H22. The van der Waals surface area contributed by atoms with Gasteiger partial charge in [0.05, 0.1) is 0 Å². The fourth-order valence-corrected chi connectivity index (χ4v) is 1.84. The SMILES string of the molecule is C=C(C)c1cc(/C(C)=C/C)ccc1C(C)C. The zero-order valence-electron chi connectivity index (χ0n) is 11.1. The van der Waals surface area contributed by atoms with E-state index in [2.05, 4.69) is 65.5 Å². The molecule has 0 saturated heterocycles. The maximum absolute atomic E-state index is 4.08. The second-order valence-corrected chi connectivity index (χ2v) is 4.71. The van der Waals surface area contributed by atoms with Crippen LogP contribution >= 0.6 is 0 Å². The zero-order valence-corrected chi connectivity index (χ0v) is 11.1.